The van der Waals surface area contributed by atoms with Crippen LogP contribution in [0.4, 0.5) is 0 Å². The van der Waals surface area contributed by atoms with Gasteiger partial charge in [-0.2, -0.15) is 0 Å². The molecule has 0 radical (unpaired) electrons. The van der Waals surface area contributed by atoms with Crippen LogP contribution in [0.25, 0.3) is 0 Å². The highest BCUT2D eigenvalue weighted by Gasteiger charge is 2.35. The minimum atomic E-state index is -0.180. The molecule has 0 spiro atoms. The summed E-state index contributed by atoms with van der Waals surface area (Å²) in [5.41, 5.74) is 1.35. The molecule has 0 aromatic heterocycles. The second kappa shape index (κ2) is 5.62. The number of carbonyl (C=O) groups excluding carboxylic acids is 1. The molecule has 2 aliphatic rings. The highest BCUT2D eigenvalue weighted by atomic mass is 35.5. The summed E-state index contributed by atoms with van der Waals surface area (Å²) in [5.74, 6) is -0.116. The molecular weight excluding hydrogens is 313 g/mol. The maximum atomic E-state index is 12.2. The Balaban J connectivity index is 1.90. The zero-order chi connectivity index (χ0) is 15.0. The van der Waals surface area contributed by atoms with Crippen LogP contribution in [0.2, 0.25) is 10.0 Å². The molecule has 0 unspecified atom stereocenters. The van der Waals surface area contributed by atoms with Gasteiger partial charge in [-0.15, -0.1) is 0 Å². The van der Waals surface area contributed by atoms with E-state index in [2.05, 4.69) is 0 Å². The van der Waals surface area contributed by atoms with Crippen molar-refractivity contribution in [1.82, 2.24) is 4.90 Å². The zero-order valence-electron chi connectivity index (χ0n) is 11.1. The van der Waals surface area contributed by atoms with Crippen LogP contribution in [0.5, 0.6) is 5.75 Å². The second-order valence-corrected chi connectivity index (χ2v) is 5.75. The first-order valence-corrected chi connectivity index (χ1v) is 7.29. The van der Waals surface area contributed by atoms with Gasteiger partial charge in [-0.25, -0.2) is 0 Å². The lowest BCUT2D eigenvalue weighted by Crippen LogP contribution is -2.24. The van der Waals surface area contributed by atoms with Gasteiger partial charge in [0, 0.05) is 30.1 Å². The summed E-state index contributed by atoms with van der Waals surface area (Å²) in [5, 5.41) is 10.7. The van der Waals surface area contributed by atoms with E-state index in [9.17, 15) is 9.90 Å². The van der Waals surface area contributed by atoms with E-state index in [-0.39, 0.29) is 17.6 Å². The van der Waals surface area contributed by atoms with Gasteiger partial charge in [0.05, 0.1) is 16.3 Å². The molecule has 1 atom stereocenters. The molecule has 4 nitrogen and oxygen atoms in total. The Morgan fingerprint density at radius 1 is 1.33 bits per heavy atom. The van der Waals surface area contributed by atoms with Gasteiger partial charge in [0.15, 0.2) is 0 Å². The summed E-state index contributed by atoms with van der Waals surface area (Å²) >= 11 is 12.2. The maximum absolute atomic E-state index is 12.2. The number of halogens is 2. The fraction of sp³-hybridized carbons (Fsp3) is 0.267. The topological polar surface area (TPSA) is 49.8 Å². The average Bonchev–Trinajstić information content (AvgIpc) is 2.86. The Kier molecular flexibility index (Phi) is 3.83. The van der Waals surface area contributed by atoms with Crippen molar-refractivity contribution in [2.45, 2.75) is 12.3 Å². The molecule has 0 saturated carbocycles. The number of aromatic hydroxyl groups is 1. The first-order chi connectivity index (χ1) is 10.1. The Morgan fingerprint density at radius 2 is 2.14 bits per heavy atom. The number of phenolic OH excluding ortho intramolecular Hbond substituents is 1. The van der Waals surface area contributed by atoms with Gasteiger partial charge >= 0.3 is 0 Å². The Hall–Kier alpha value is -1.65. The molecular formula is C15H13Cl2NO3. The number of allylic oxidation sites excluding steroid dienone is 1. The zero-order valence-corrected chi connectivity index (χ0v) is 12.6. The van der Waals surface area contributed by atoms with E-state index >= 15 is 0 Å². The summed E-state index contributed by atoms with van der Waals surface area (Å²) in [4.78, 5) is 13.9. The highest BCUT2D eigenvalue weighted by molar-refractivity contribution is 6.42. The van der Waals surface area contributed by atoms with Crippen LogP contribution in [-0.4, -0.2) is 29.1 Å². The Bertz CT molecular complexity index is 655. The van der Waals surface area contributed by atoms with E-state index in [0.29, 0.717) is 35.2 Å². The molecule has 2 aliphatic heterocycles. The van der Waals surface area contributed by atoms with Gasteiger partial charge < -0.3 is 14.7 Å². The van der Waals surface area contributed by atoms with Crippen LogP contribution >= 0.6 is 23.2 Å². The van der Waals surface area contributed by atoms with Crippen LogP contribution in [0.1, 0.15) is 17.9 Å². The van der Waals surface area contributed by atoms with E-state index in [1.54, 1.807) is 23.3 Å². The Morgan fingerprint density at radius 3 is 2.86 bits per heavy atom. The van der Waals surface area contributed by atoms with Crippen molar-refractivity contribution in [2.75, 3.05) is 13.2 Å². The van der Waals surface area contributed by atoms with Crippen molar-refractivity contribution in [3.63, 3.8) is 0 Å². The van der Waals surface area contributed by atoms with Crippen LogP contribution in [0.15, 0.2) is 36.2 Å². The van der Waals surface area contributed by atoms with Crippen molar-refractivity contribution in [1.29, 1.82) is 0 Å². The smallest absolute Gasteiger partial charge is 0.227 e. The number of ether oxygens (including phenoxy) is 1. The first-order valence-electron chi connectivity index (χ1n) is 6.53. The van der Waals surface area contributed by atoms with E-state index in [1.807, 2.05) is 6.08 Å². The van der Waals surface area contributed by atoms with Gasteiger partial charge in [0.2, 0.25) is 5.91 Å². The average molecular weight is 326 g/mol. The molecule has 110 valence electrons. The van der Waals surface area contributed by atoms with E-state index in [0.717, 1.165) is 5.70 Å². The van der Waals surface area contributed by atoms with Crippen molar-refractivity contribution >= 4 is 29.1 Å². The van der Waals surface area contributed by atoms with Crippen molar-refractivity contribution < 1.29 is 14.6 Å². The van der Waals surface area contributed by atoms with E-state index < -0.39 is 0 Å². The van der Waals surface area contributed by atoms with Gasteiger partial charge in [0.25, 0.3) is 0 Å². The molecule has 1 fully saturated rings. The molecule has 1 amide bonds. The molecule has 1 aromatic carbocycles. The summed E-state index contributed by atoms with van der Waals surface area (Å²) in [6, 6.07) is 3.05. The minimum Gasteiger partial charge on any atom is -0.508 e. The van der Waals surface area contributed by atoms with E-state index in [4.69, 9.17) is 27.9 Å². The standard InChI is InChI=1S/C15H13Cl2NO3/c16-11-1-2-12(19)14(15(11)17)9-7-13(20)18(8-9)10-3-5-21-6-4-10/h1-5,9,19H,6-8H2/t9-/m1/s1. The lowest BCUT2D eigenvalue weighted by molar-refractivity contribution is -0.125. The van der Waals surface area contributed by atoms with Crippen molar-refractivity contribution in [3.8, 4) is 5.75 Å². The van der Waals surface area contributed by atoms with Gasteiger partial charge in [-0.3, -0.25) is 4.79 Å². The third-order valence-electron chi connectivity index (χ3n) is 3.68. The normalized spacial score (nSPS) is 21.4. The predicted octanol–water partition coefficient (Wildman–Crippen LogP) is 3.44. The summed E-state index contributed by atoms with van der Waals surface area (Å²) in [7, 11) is 0. The minimum absolute atomic E-state index is 0.00626. The van der Waals surface area contributed by atoms with Crippen LogP contribution in [0.3, 0.4) is 0 Å². The monoisotopic (exact) mass is 325 g/mol. The molecule has 1 aromatic rings. The molecule has 1 saturated heterocycles. The number of amides is 1. The molecule has 3 rings (SSSR count). The lowest BCUT2D eigenvalue weighted by atomic mass is 9.97. The first kappa shape index (κ1) is 14.3. The SMILES string of the molecule is O=C1C[C@@H](c2c(O)ccc(Cl)c2Cl)CN1C1=CCOC=C1. The Labute approximate surface area is 132 Å². The van der Waals surface area contributed by atoms with Gasteiger partial charge in [0.1, 0.15) is 12.4 Å². The summed E-state index contributed by atoms with van der Waals surface area (Å²) in [6.45, 7) is 0.909. The third kappa shape index (κ3) is 2.61. The number of nitrogens with zero attached hydrogens (tertiary/aromatic N) is 1. The number of rotatable bonds is 2. The van der Waals surface area contributed by atoms with Crippen LogP contribution in [0, 0.1) is 0 Å². The highest BCUT2D eigenvalue weighted by Crippen LogP contribution is 2.42. The quantitative estimate of drug-likeness (QED) is 0.906. The molecule has 21 heavy (non-hydrogen) atoms. The molecule has 1 N–H and O–H groups in total. The molecule has 0 aliphatic carbocycles. The fourth-order valence-electron chi connectivity index (χ4n) is 2.67. The van der Waals surface area contributed by atoms with Crippen LogP contribution < -0.4 is 0 Å². The second-order valence-electron chi connectivity index (χ2n) is 4.96. The number of likely N-dealkylation sites (tertiary alicyclic amines) is 1. The third-order valence-corrected chi connectivity index (χ3v) is 4.50. The van der Waals surface area contributed by atoms with Gasteiger partial charge in [-0.05, 0) is 24.3 Å². The number of hydrogen-bond acceptors (Lipinski definition) is 3. The number of phenols is 1. The maximum Gasteiger partial charge on any atom is 0.227 e. The molecule has 2 heterocycles. The summed E-state index contributed by atoms with van der Waals surface area (Å²) in [6.07, 6.45) is 5.46. The van der Waals surface area contributed by atoms with Crippen molar-refractivity contribution in [3.05, 3.63) is 51.9 Å². The molecule has 6 heteroatoms. The van der Waals surface area contributed by atoms with E-state index in [1.165, 1.54) is 6.07 Å². The van der Waals surface area contributed by atoms with Crippen LogP contribution in [-0.2, 0) is 9.53 Å². The summed E-state index contributed by atoms with van der Waals surface area (Å²) < 4.78 is 5.09. The van der Waals surface area contributed by atoms with Crippen molar-refractivity contribution in [2.24, 2.45) is 0 Å². The fourth-order valence-corrected chi connectivity index (χ4v) is 3.15. The largest absolute Gasteiger partial charge is 0.508 e. The van der Waals surface area contributed by atoms with Gasteiger partial charge in [-0.1, -0.05) is 23.2 Å². The number of carbonyl (C=O) groups is 1. The molecule has 0 bridgehead atoms. The lowest BCUT2D eigenvalue weighted by Gasteiger charge is -2.20. The number of hydrogen-bond donors (Lipinski definition) is 1. The predicted molar refractivity (Wildman–Crippen MR) is 80.4 cm³/mol. The number of benzene rings is 1.